The minimum atomic E-state index is 0.378. The molecule has 0 aromatic heterocycles. The lowest BCUT2D eigenvalue weighted by Crippen LogP contribution is -2.29. The molecule has 2 heteroatoms. The van der Waals surface area contributed by atoms with Crippen molar-refractivity contribution in [3.8, 4) is 0 Å². The number of rotatable bonds is 0. The second-order valence-electron chi connectivity index (χ2n) is 2.34. The van der Waals surface area contributed by atoms with Gasteiger partial charge in [-0.25, -0.2) is 0 Å². The summed E-state index contributed by atoms with van der Waals surface area (Å²) in [7, 11) is 0. The molecular weight excluding hydrogens is 152 g/mol. The maximum absolute atomic E-state index is 5.17. The molecule has 0 saturated carbocycles. The predicted molar refractivity (Wildman–Crippen MR) is 53.2 cm³/mol. The first-order chi connectivity index (χ1) is 5.80. The van der Waals surface area contributed by atoms with Gasteiger partial charge < -0.3 is 9.47 Å². The molecule has 1 fully saturated rings. The summed E-state index contributed by atoms with van der Waals surface area (Å²) >= 11 is 0. The highest BCUT2D eigenvalue weighted by molar-refractivity contribution is 4.61. The van der Waals surface area contributed by atoms with E-state index >= 15 is 0 Å². The Hall–Kier alpha value is -0.0800. The largest absolute Gasteiger partial charge is 0.355 e. The summed E-state index contributed by atoms with van der Waals surface area (Å²) in [4.78, 5) is 0. The third kappa shape index (κ3) is 6.62. The molecule has 0 radical (unpaired) electrons. The van der Waals surface area contributed by atoms with Gasteiger partial charge >= 0.3 is 0 Å². The van der Waals surface area contributed by atoms with Crippen LogP contribution in [0.2, 0.25) is 0 Å². The zero-order valence-corrected chi connectivity index (χ0v) is 9.39. The van der Waals surface area contributed by atoms with E-state index in [4.69, 9.17) is 9.47 Å². The van der Waals surface area contributed by atoms with E-state index in [9.17, 15) is 0 Å². The van der Waals surface area contributed by atoms with Crippen molar-refractivity contribution in [2.45, 2.75) is 47.6 Å². The van der Waals surface area contributed by atoms with Crippen molar-refractivity contribution in [3.05, 3.63) is 0 Å². The van der Waals surface area contributed by atoms with Gasteiger partial charge in [-0.3, -0.25) is 0 Å². The fraction of sp³-hybridized carbons (Fsp3) is 1.00. The molecule has 0 aliphatic carbocycles. The average Bonchev–Trinajstić information content (AvgIpc) is 2.17. The first-order valence-corrected chi connectivity index (χ1v) is 5.00. The van der Waals surface area contributed by atoms with Gasteiger partial charge in [0.2, 0.25) is 0 Å². The Bertz CT molecular complexity index is 64.2. The van der Waals surface area contributed by atoms with Crippen LogP contribution in [-0.4, -0.2) is 19.5 Å². The van der Waals surface area contributed by atoms with Crippen LogP contribution in [0, 0.1) is 5.92 Å². The fourth-order valence-corrected chi connectivity index (χ4v) is 0.689. The second kappa shape index (κ2) is 10.9. The monoisotopic (exact) mass is 176 g/mol. The van der Waals surface area contributed by atoms with Crippen LogP contribution < -0.4 is 0 Å². The summed E-state index contributed by atoms with van der Waals surface area (Å²) in [6.07, 6.45) is 0.378. The van der Waals surface area contributed by atoms with Crippen molar-refractivity contribution in [3.63, 3.8) is 0 Å². The molecule has 76 valence electrons. The number of ether oxygens (including phenoxy) is 2. The molecule has 0 N–H and O–H groups in total. The lowest BCUT2D eigenvalue weighted by Gasteiger charge is -2.25. The van der Waals surface area contributed by atoms with Crippen LogP contribution in [-0.2, 0) is 9.47 Å². The van der Waals surface area contributed by atoms with E-state index in [2.05, 4.69) is 13.8 Å². The van der Waals surface area contributed by atoms with Crippen molar-refractivity contribution in [2.24, 2.45) is 5.92 Å². The highest BCUT2D eigenvalue weighted by atomic mass is 16.7. The summed E-state index contributed by atoms with van der Waals surface area (Å²) in [6, 6.07) is 0. The van der Waals surface area contributed by atoms with Crippen molar-refractivity contribution in [1.29, 1.82) is 0 Å². The topological polar surface area (TPSA) is 18.5 Å². The van der Waals surface area contributed by atoms with E-state index in [1.807, 2.05) is 27.7 Å². The van der Waals surface area contributed by atoms with Crippen LogP contribution in [0.4, 0.5) is 0 Å². The zero-order chi connectivity index (χ0) is 9.98. The third-order valence-corrected chi connectivity index (χ3v) is 1.60. The van der Waals surface area contributed by atoms with Crippen LogP contribution in [0.25, 0.3) is 0 Å². The molecule has 12 heavy (non-hydrogen) atoms. The van der Waals surface area contributed by atoms with Gasteiger partial charge in [0.05, 0.1) is 12.7 Å². The molecule has 0 aromatic carbocycles. The van der Waals surface area contributed by atoms with Crippen LogP contribution in [0.5, 0.6) is 0 Å². The Morgan fingerprint density at radius 1 is 1.00 bits per heavy atom. The fourth-order valence-electron chi connectivity index (χ4n) is 0.689. The lowest BCUT2D eigenvalue weighted by molar-refractivity contribution is -0.159. The van der Waals surface area contributed by atoms with Crippen molar-refractivity contribution >= 4 is 0 Å². The first kappa shape index (κ1) is 14.4. The van der Waals surface area contributed by atoms with E-state index in [1.165, 1.54) is 0 Å². The highest BCUT2D eigenvalue weighted by Crippen LogP contribution is 2.11. The van der Waals surface area contributed by atoms with Gasteiger partial charge in [-0.1, -0.05) is 34.6 Å². The summed E-state index contributed by atoms with van der Waals surface area (Å²) in [6.45, 7) is 13.5. The molecule has 1 saturated heterocycles. The normalized spacial score (nSPS) is 27.5. The maximum Gasteiger partial charge on any atom is 0.147 e. The highest BCUT2D eigenvalue weighted by Gasteiger charge is 2.16. The van der Waals surface area contributed by atoms with Crippen LogP contribution in [0.15, 0.2) is 0 Å². The third-order valence-electron chi connectivity index (χ3n) is 1.60. The molecule has 0 spiro atoms. The van der Waals surface area contributed by atoms with Crippen LogP contribution >= 0.6 is 0 Å². The molecule has 0 aromatic rings. The Morgan fingerprint density at radius 3 is 1.75 bits per heavy atom. The summed E-state index contributed by atoms with van der Waals surface area (Å²) < 4.78 is 10.2. The van der Waals surface area contributed by atoms with Gasteiger partial charge in [0, 0.05) is 5.92 Å². The average molecular weight is 176 g/mol. The van der Waals surface area contributed by atoms with E-state index < -0.39 is 0 Å². The summed E-state index contributed by atoms with van der Waals surface area (Å²) in [5.74, 6) is 0.559. The second-order valence-corrected chi connectivity index (χ2v) is 2.34. The Balaban J connectivity index is 0. The zero-order valence-electron chi connectivity index (χ0n) is 9.39. The van der Waals surface area contributed by atoms with Gasteiger partial charge in [0.1, 0.15) is 6.79 Å². The van der Waals surface area contributed by atoms with Gasteiger partial charge in [0.15, 0.2) is 0 Å². The van der Waals surface area contributed by atoms with Crippen LogP contribution in [0.3, 0.4) is 0 Å². The number of hydrogen-bond acceptors (Lipinski definition) is 2. The van der Waals surface area contributed by atoms with Gasteiger partial charge in [-0.05, 0) is 6.92 Å². The molecule has 1 unspecified atom stereocenters. The van der Waals surface area contributed by atoms with E-state index in [-0.39, 0.29) is 0 Å². The van der Waals surface area contributed by atoms with E-state index in [0.29, 0.717) is 18.8 Å². The molecule has 2 nitrogen and oxygen atoms in total. The van der Waals surface area contributed by atoms with E-state index in [1.54, 1.807) is 0 Å². The van der Waals surface area contributed by atoms with Gasteiger partial charge in [0.25, 0.3) is 0 Å². The molecule has 1 rings (SSSR count). The first-order valence-electron chi connectivity index (χ1n) is 5.00. The lowest BCUT2D eigenvalue weighted by atomic mass is 10.1. The summed E-state index contributed by atoms with van der Waals surface area (Å²) in [5, 5.41) is 0. The smallest absolute Gasteiger partial charge is 0.147 e. The SMILES string of the molecule is CC.CC.CC1OCOC[C@H]1C. The number of hydrogen-bond donors (Lipinski definition) is 0. The van der Waals surface area contributed by atoms with Gasteiger partial charge in [-0.15, -0.1) is 0 Å². The molecule has 1 heterocycles. The van der Waals surface area contributed by atoms with Crippen molar-refractivity contribution in [2.75, 3.05) is 13.4 Å². The standard InChI is InChI=1S/C6H12O2.2C2H6/c1-5-3-7-4-8-6(5)2;2*1-2/h5-6H,3-4H2,1-2H3;2*1-2H3/t5-,6?;;/m1../s1. The predicted octanol–water partition coefficient (Wildman–Crippen LogP) is 3.07. The molecule has 0 bridgehead atoms. The van der Waals surface area contributed by atoms with Crippen molar-refractivity contribution < 1.29 is 9.47 Å². The van der Waals surface area contributed by atoms with Crippen LogP contribution in [0.1, 0.15) is 41.5 Å². The Labute approximate surface area is 77.3 Å². The van der Waals surface area contributed by atoms with Crippen molar-refractivity contribution in [1.82, 2.24) is 0 Å². The van der Waals surface area contributed by atoms with E-state index in [0.717, 1.165) is 6.61 Å². The molecule has 1 aliphatic heterocycles. The molecule has 2 atom stereocenters. The molecule has 1 aliphatic rings. The van der Waals surface area contributed by atoms with Gasteiger partial charge in [-0.2, -0.15) is 0 Å². The maximum atomic E-state index is 5.17. The molecular formula is C10H24O2. The molecule has 0 amide bonds. The Morgan fingerprint density at radius 2 is 1.50 bits per heavy atom. The Kier molecular flexibility index (Phi) is 13.1. The quantitative estimate of drug-likeness (QED) is 0.564. The minimum Gasteiger partial charge on any atom is -0.355 e. The minimum absolute atomic E-state index is 0.378. The summed E-state index contributed by atoms with van der Waals surface area (Å²) in [5.41, 5.74) is 0.